The molecular formula is C12H8ClF2NS. The monoisotopic (exact) mass is 271 g/mol. The number of nitrogens with zero attached hydrogens (tertiary/aromatic N) is 1. The van der Waals surface area contributed by atoms with Crippen LogP contribution in [0.4, 0.5) is 8.78 Å². The number of thioether (sulfide) groups is 1. The van der Waals surface area contributed by atoms with E-state index in [2.05, 4.69) is 4.98 Å². The highest BCUT2D eigenvalue weighted by atomic mass is 35.5. The van der Waals surface area contributed by atoms with Crippen LogP contribution in [0.1, 0.15) is 5.56 Å². The molecule has 1 aromatic carbocycles. The van der Waals surface area contributed by atoms with Crippen LogP contribution >= 0.6 is 23.4 Å². The summed E-state index contributed by atoms with van der Waals surface area (Å²) in [6.07, 6.45) is 1.52. The van der Waals surface area contributed by atoms with E-state index in [-0.39, 0.29) is 0 Å². The van der Waals surface area contributed by atoms with Gasteiger partial charge in [-0.25, -0.2) is 13.8 Å². The zero-order valence-electron chi connectivity index (χ0n) is 8.66. The quantitative estimate of drug-likeness (QED) is 0.772. The molecule has 5 heteroatoms. The Balaban J connectivity index is 2.07. The number of rotatable bonds is 3. The summed E-state index contributed by atoms with van der Waals surface area (Å²) >= 11 is 7.02. The molecule has 0 atom stereocenters. The standard InChI is InChI=1S/C12H8ClF2NS/c13-9-4-5-11(16-6-9)17-7-8-2-1-3-10(14)12(8)15/h1-6H,7H2. The van der Waals surface area contributed by atoms with E-state index < -0.39 is 11.6 Å². The summed E-state index contributed by atoms with van der Waals surface area (Å²) in [5.41, 5.74) is 0.326. The third-order valence-corrected chi connectivity index (χ3v) is 3.32. The van der Waals surface area contributed by atoms with Crippen molar-refractivity contribution in [2.24, 2.45) is 0 Å². The first-order valence-electron chi connectivity index (χ1n) is 4.84. The number of hydrogen-bond donors (Lipinski definition) is 0. The summed E-state index contributed by atoms with van der Waals surface area (Å²) in [4.78, 5) is 4.06. The first-order valence-corrected chi connectivity index (χ1v) is 6.20. The molecule has 0 amide bonds. The molecule has 1 heterocycles. The van der Waals surface area contributed by atoms with Gasteiger partial charge < -0.3 is 0 Å². The number of pyridine rings is 1. The second-order valence-electron chi connectivity index (χ2n) is 3.32. The van der Waals surface area contributed by atoms with Crippen LogP contribution in [0.5, 0.6) is 0 Å². The van der Waals surface area contributed by atoms with Gasteiger partial charge in [0.15, 0.2) is 11.6 Å². The molecule has 0 aliphatic carbocycles. The fourth-order valence-electron chi connectivity index (χ4n) is 1.26. The second-order valence-corrected chi connectivity index (χ2v) is 4.75. The molecule has 0 saturated heterocycles. The summed E-state index contributed by atoms with van der Waals surface area (Å²) in [6, 6.07) is 7.60. The molecule has 1 nitrogen and oxygen atoms in total. The molecule has 0 fully saturated rings. The lowest BCUT2D eigenvalue weighted by atomic mass is 10.2. The molecular weight excluding hydrogens is 264 g/mol. The molecule has 2 aromatic rings. The number of hydrogen-bond acceptors (Lipinski definition) is 2. The van der Waals surface area contributed by atoms with Crippen molar-refractivity contribution in [1.29, 1.82) is 0 Å². The highest BCUT2D eigenvalue weighted by Gasteiger charge is 2.07. The SMILES string of the molecule is Fc1cccc(CSc2ccc(Cl)cn2)c1F. The number of aromatic nitrogens is 1. The smallest absolute Gasteiger partial charge is 0.162 e. The lowest BCUT2D eigenvalue weighted by Gasteiger charge is -2.03. The van der Waals surface area contributed by atoms with E-state index in [1.165, 1.54) is 24.0 Å². The summed E-state index contributed by atoms with van der Waals surface area (Å²) < 4.78 is 26.3. The Hall–Kier alpha value is -1.13. The first kappa shape index (κ1) is 12.3. The molecule has 0 spiro atoms. The minimum atomic E-state index is -0.827. The molecule has 0 aliphatic rings. The van der Waals surface area contributed by atoms with Crippen LogP contribution in [0.3, 0.4) is 0 Å². The van der Waals surface area contributed by atoms with Gasteiger partial charge in [-0.3, -0.25) is 0 Å². The normalized spacial score (nSPS) is 10.5. The predicted molar refractivity (Wildman–Crippen MR) is 65.2 cm³/mol. The van der Waals surface area contributed by atoms with Crippen LogP contribution in [0, 0.1) is 11.6 Å². The Labute approximate surface area is 107 Å². The van der Waals surface area contributed by atoms with Gasteiger partial charge in [-0.15, -0.1) is 11.8 Å². The van der Waals surface area contributed by atoms with Crippen molar-refractivity contribution in [1.82, 2.24) is 4.98 Å². The minimum Gasteiger partial charge on any atom is -0.248 e. The summed E-state index contributed by atoms with van der Waals surface area (Å²) in [7, 11) is 0. The van der Waals surface area contributed by atoms with Crippen LogP contribution in [0.2, 0.25) is 5.02 Å². The lowest BCUT2D eigenvalue weighted by Crippen LogP contribution is -1.92. The Morgan fingerprint density at radius 1 is 1.18 bits per heavy atom. The molecule has 0 N–H and O–H groups in total. The van der Waals surface area contributed by atoms with Crippen molar-refractivity contribution in [3.05, 3.63) is 58.7 Å². The molecule has 0 saturated carbocycles. The van der Waals surface area contributed by atoms with Gasteiger partial charge in [-0.1, -0.05) is 23.7 Å². The average Bonchev–Trinajstić information content (AvgIpc) is 2.33. The molecule has 0 bridgehead atoms. The van der Waals surface area contributed by atoms with Crippen molar-refractivity contribution in [3.63, 3.8) is 0 Å². The van der Waals surface area contributed by atoms with Crippen LogP contribution in [0.15, 0.2) is 41.6 Å². The maximum absolute atomic E-state index is 13.3. The molecule has 0 radical (unpaired) electrons. The van der Waals surface area contributed by atoms with Crippen molar-refractivity contribution in [2.75, 3.05) is 0 Å². The summed E-state index contributed by atoms with van der Waals surface area (Å²) in [5, 5.41) is 1.27. The number of halogens is 3. The largest absolute Gasteiger partial charge is 0.248 e. The fraction of sp³-hybridized carbons (Fsp3) is 0.0833. The zero-order chi connectivity index (χ0) is 12.3. The maximum Gasteiger partial charge on any atom is 0.162 e. The molecule has 2 rings (SSSR count). The van der Waals surface area contributed by atoms with E-state index in [1.54, 1.807) is 18.2 Å². The zero-order valence-corrected chi connectivity index (χ0v) is 10.2. The molecule has 17 heavy (non-hydrogen) atoms. The van der Waals surface area contributed by atoms with Crippen LogP contribution in [-0.4, -0.2) is 4.98 Å². The van der Waals surface area contributed by atoms with Gasteiger partial charge in [0, 0.05) is 17.5 Å². The first-order chi connectivity index (χ1) is 8.16. The van der Waals surface area contributed by atoms with E-state index in [1.807, 2.05) is 0 Å². The van der Waals surface area contributed by atoms with E-state index >= 15 is 0 Å². The Bertz CT molecular complexity index is 516. The predicted octanol–water partition coefficient (Wildman–Crippen LogP) is 4.31. The van der Waals surface area contributed by atoms with Crippen molar-refractivity contribution >= 4 is 23.4 Å². The van der Waals surface area contributed by atoms with Gasteiger partial charge in [-0.2, -0.15) is 0 Å². The van der Waals surface area contributed by atoms with Crippen molar-refractivity contribution in [2.45, 2.75) is 10.8 Å². The van der Waals surface area contributed by atoms with Crippen molar-refractivity contribution < 1.29 is 8.78 Å². The van der Waals surface area contributed by atoms with Crippen molar-refractivity contribution in [3.8, 4) is 0 Å². The van der Waals surface area contributed by atoms with Gasteiger partial charge in [0.25, 0.3) is 0 Å². The topological polar surface area (TPSA) is 12.9 Å². The van der Waals surface area contributed by atoms with Gasteiger partial charge in [0.1, 0.15) is 0 Å². The Kier molecular flexibility index (Phi) is 3.97. The van der Waals surface area contributed by atoms with Crippen LogP contribution in [-0.2, 0) is 5.75 Å². The second kappa shape index (κ2) is 5.47. The lowest BCUT2D eigenvalue weighted by molar-refractivity contribution is 0.502. The Morgan fingerprint density at radius 3 is 2.71 bits per heavy atom. The third-order valence-electron chi connectivity index (χ3n) is 2.11. The fourth-order valence-corrected chi connectivity index (χ4v) is 2.19. The van der Waals surface area contributed by atoms with Gasteiger partial charge in [-0.05, 0) is 18.2 Å². The highest BCUT2D eigenvalue weighted by Crippen LogP contribution is 2.24. The molecule has 0 unspecified atom stereocenters. The van der Waals surface area contributed by atoms with Crippen LogP contribution in [0.25, 0.3) is 0 Å². The molecule has 88 valence electrons. The van der Waals surface area contributed by atoms with Gasteiger partial charge in [0.2, 0.25) is 0 Å². The van der Waals surface area contributed by atoms with Gasteiger partial charge in [0.05, 0.1) is 10.0 Å². The van der Waals surface area contributed by atoms with E-state index in [4.69, 9.17) is 11.6 Å². The highest BCUT2D eigenvalue weighted by molar-refractivity contribution is 7.98. The maximum atomic E-state index is 13.3. The molecule has 1 aromatic heterocycles. The van der Waals surface area contributed by atoms with Crippen LogP contribution < -0.4 is 0 Å². The average molecular weight is 272 g/mol. The molecule has 0 aliphatic heterocycles. The third kappa shape index (κ3) is 3.17. The van der Waals surface area contributed by atoms with Gasteiger partial charge >= 0.3 is 0 Å². The minimum absolute atomic E-state index is 0.326. The van der Waals surface area contributed by atoms with E-state index in [9.17, 15) is 8.78 Å². The number of benzene rings is 1. The van der Waals surface area contributed by atoms with E-state index in [0.717, 1.165) is 11.1 Å². The summed E-state index contributed by atoms with van der Waals surface area (Å²) in [5.74, 6) is -1.29. The van der Waals surface area contributed by atoms with E-state index in [0.29, 0.717) is 16.3 Å². The summed E-state index contributed by atoms with van der Waals surface area (Å²) in [6.45, 7) is 0. The Morgan fingerprint density at radius 2 is 2.00 bits per heavy atom.